The lowest BCUT2D eigenvalue weighted by molar-refractivity contribution is 0.00912. The van der Waals surface area contributed by atoms with Crippen LogP contribution in [0, 0.1) is 5.92 Å². The highest BCUT2D eigenvalue weighted by atomic mass is 16.5. The molecular weight excluding hydrogens is 212 g/mol. The molecule has 1 aliphatic carbocycles. The third-order valence-electron chi connectivity index (χ3n) is 3.95. The molecule has 0 saturated heterocycles. The van der Waals surface area contributed by atoms with Gasteiger partial charge in [-0.15, -0.1) is 0 Å². The van der Waals surface area contributed by atoms with E-state index in [2.05, 4.69) is 19.3 Å². The minimum Gasteiger partial charge on any atom is -0.377 e. The highest BCUT2D eigenvalue weighted by Gasteiger charge is 2.28. The van der Waals surface area contributed by atoms with E-state index in [1.54, 1.807) is 0 Å². The van der Waals surface area contributed by atoms with Gasteiger partial charge in [-0.2, -0.15) is 0 Å². The van der Waals surface area contributed by atoms with Gasteiger partial charge in [0, 0.05) is 6.61 Å². The molecule has 0 amide bonds. The number of rotatable bonds is 7. The second-order valence-electron chi connectivity index (χ2n) is 5.23. The molecule has 0 aliphatic heterocycles. The number of hydrazine groups is 1. The van der Waals surface area contributed by atoms with Gasteiger partial charge in [0.1, 0.15) is 0 Å². The second kappa shape index (κ2) is 8.90. The molecule has 3 N–H and O–H groups in total. The molecule has 2 unspecified atom stereocenters. The summed E-state index contributed by atoms with van der Waals surface area (Å²) in [6.07, 6.45) is 10.7. The van der Waals surface area contributed by atoms with Gasteiger partial charge in [-0.25, -0.2) is 0 Å². The quantitative estimate of drug-likeness (QED) is 0.410. The van der Waals surface area contributed by atoms with E-state index in [4.69, 9.17) is 10.6 Å². The van der Waals surface area contributed by atoms with Crippen molar-refractivity contribution in [3.8, 4) is 0 Å². The first-order chi connectivity index (χ1) is 8.33. The van der Waals surface area contributed by atoms with Crippen LogP contribution < -0.4 is 11.3 Å². The Morgan fingerprint density at radius 2 is 1.82 bits per heavy atom. The molecule has 1 rings (SSSR count). The van der Waals surface area contributed by atoms with E-state index in [0.717, 1.165) is 19.4 Å². The fourth-order valence-electron chi connectivity index (χ4n) is 3.08. The lowest BCUT2D eigenvalue weighted by Crippen LogP contribution is -2.50. The van der Waals surface area contributed by atoms with Crippen LogP contribution in [0.4, 0.5) is 0 Å². The Morgan fingerprint density at radius 3 is 2.29 bits per heavy atom. The zero-order valence-corrected chi connectivity index (χ0v) is 11.6. The van der Waals surface area contributed by atoms with Crippen LogP contribution in [-0.4, -0.2) is 18.8 Å². The first-order valence-electron chi connectivity index (χ1n) is 7.41. The third-order valence-corrected chi connectivity index (χ3v) is 3.95. The van der Waals surface area contributed by atoms with Gasteiger partial charge in [-0.3, -0.25) is 11.3 Å². The van der Waals surface area contributed by atoms with E-state index in [-0.39, 0.29) is 6.10 Å². The van der Waals surface area contributed by atoms with E-state index < -0.39 is 0 Å². The fourth-order valence-corrected chi connectivity index (χ4v) is 3.08. The van der Waals surface area contributed by atoms with E-state index in [0.29, 0.717) is 12.0 Å². The van der Waals surface area contributed by atoms with Crippen molar-refractivity contribution in [3.63, 3.8) is 0 Å². The monoisotopic (exact) mass is 242 g/mol. The van der Waals surface area contributed by atoms with Crippen molar-refractivity contribution < 1.29 is 4.74 Å². The van der Waals surface area contributed by atoms with Gasteiger partial charge in [0.25, 0.3) is 0 Å². The molecular formula is C14H30N2O. The van der Waals surface area contributed by atoms with E-state index in [9.17, 15) is 0 Å². The Bertz CT molecular complexity index is 171. The molecule has 0 heterocycles. The molecule has 0 radical (unpaired) electrons. The summed E-state index contributed by atoms with van der Waals surface area (Å²) in [4.78, 5) is 0. The molecule has 0 bridgehead atoms. The highest BCUT2D eigenvalue weighted by molar-refractivity contribution is 4.83. The van der Waals surface area contributed by atoms with Gasteiger partial charge < -0.3 is 4.74 Å². The third kappa shape index (κ3) is 4.94. The predicted molar refractivity (Wildman–Crippen MR) is 72.6 cm³/mol. The van der Waals surface area contributed by atoms with E-state index in [1.165, 1.54) is 38.5 Å². The summed E-state index contributed by atoms with van der Waals surface area (Å²) in [6.45, 7) is 5.07. The Kier molecular flexibility index (Phi) is 7.82. The molecule has 17 heavy (non-hydrogen) atoms. The van der Waals surface area contributed by atoms with Crippen LogP contribution in [0.1, 0.15) is 65.2 Å². The maximum Gasteiger partial charge on any atom is 0.0743 e. The Morgan fingerprint density at radius 1 is 1.18 bits per heavy atom. The molecule has 1 fully saturated rings. The van der Waals surface area contributed by atoms with Gasteiger partial charge in [0.05, 0.1) is 12.1 Å². The largest absolute Gasteiger partial charge is 0.377 e. The zero-order valence-electron chi connectivity index (χ0n) is 11.6. The lowest BCUT2D eigenvalue weighted by Gasteiger charge is -2.32. The minimum absolute atomic E-state index is 0.290. The average Bonchev–Trinajstić information content (AvgIpc) is 2.60. The van der Waals surface area contributed by atoms with Crippen LogP contribution in [0.2, 0.25) is 0 Å². The summed E-state index contributed by atoms with van der Waals surface area (Å²) in [5.74, 6) is 6.49. The number of ether oxygens (including phenoxy) is 1. The molecule has 1 aliphatic rings. The smallest absolute Gasteiger partial charge is 0.0743 e. The van der Waals surface area contributed by atoms with Crippen molar-refractivity contribution in [3.05, 3.63) is 0 Å². The molecule has 3 heteroatoms. The molecule has 1 saturated carbocycles. The van der Waals surface area contributed by atoms with Crippen LogP contribution >= 0.6 is 0 Å². The summed E-state index contributed by atoms with van der Waals surface area (Å²) in [5, 5.41) is 0. The lowest BCUT2D eigenvalue weighted by atomic mass is 9.87. The van der Waals surface area contributed by atoms with Gasteiger partial charge in [-0.05, 0) is 32.1 Å². The first-order valence-corrected chi connectivity index (χ1v) is 7.41. The zero-order chi connectivity index (χ0) is 12.5. The number of nitrogens with one attached hydrogen (secondary N) is 1. The van der Waals surface area contributed by atoms with Crippen LogP contribution in [0.3, 0.4) is 0 Å². The molecule has 3 nitrogen and oxygen atoms in total. The Labute approximate surface area is 106 Å². The molecule has 2 atom stereocenters. The van der Waals surface area contributed by atoms with E-state index >= 15 is 0 Å². The van der Waals surface area contributed by atoms with Crippen molar-refractivity contribution >= 4 is 0 Å². The molecule has 0 aromatic carbocycles. The Balaban J connectivity index is 2.57. The summed E-state index contributed by atoms with van der Waals surface area (Å²) in [5.41, 5.74) is 3.04. The van der Waals surface area contributed by atoms with Crippen LogP contribution in [0.25, 0.3) is 0 Å². The number of nitrogens with two attached hydrogens (primary N) is 1. The number of hydrogen-bond acceptors (Lipinski definition) is 3. The topological polar surface area (TPSA) is 47.3 Å². The summed E-state index contributed by atoms with van der Waals surface area (Å²) in [6, 6.07) is 0.341. The Hall–Kier alpha value is -0.120. The SMILES string of the molecule is CCCC(OCC)C(NN)C1CCCCCC1. The van der Waals surface area contributed by atoms with Crippen molar-refractivity contribution in [1.29, 1.82) is 0 Å². The molecule has 0 aromatic heterocycles. The number of hydrogen-bond donors (Lipinski definition) is 2. The maximum absolute atomic E-state index is 5.89. The fraction of sp³-hybridized carbons (Fsp3) is 1.00. The van der Waals surface area contributed by atoms with Crippen molar-refractivity contribution in [1.82, 2.24) is 5.43 Å². The summed E-state index contributed by atoms with van der Waals surface area (Å²) < 4.78 is 5.89. The van der Waals surface area contributed by atoms with Crippen molar-refractivity contribution in [2.75, 3.05) is 6.61 Å². The highest BCUT2D eigenvalue weighted by Crippen LogP contribution is 2.28. The van der Waals surface area contributed by atoms with Crippen molar-refractivity contribution in [2.45, 2.75) is 77.4 Å². The molecule has 102 valence electrons. The van der Waals surface area contributed by atoms with Crippen LogP contribution in [0.15, 0.2) is 0 Å². The summed E-state index contributed by atoms with van der Waals surface area (Å²) in [7, 11) is 0. The minimum atomic E-state index is 0.290. The summed E-state index contributed by atoms with van der Waals surface area (Å²) >= 11 is 0. The normalized spacial score (nSPS) is 22.1. The van der Waals surface area contributed by atoms with Crippen LogP contribution in [-0.2, 0) is 4.74 Å². The molecule has 0 spiro atoms. The van der Waals surface area contributed by atoms with Gasteiger partial charge >= 0.3 is 0 Å². The predicted octanol–water partition coefficient (Wildman–Crippen LogP) is 2.99. The average molecular weight is 242 g/mol. The van der Waals surface area contributed by atoms with Gasteiger partial charge in [0.2, 0.25) is 0 Å². The maximum atomic E-state index is 5.89. The van der Waals surface area contributed by atoms with Crippen LogP contribution in [0.5, 0.6) is 0 Å². The van der Waals surface area contributed by atoms with Crippen molar-refractivity contribution in [2.24, 2.45) is 11.8 Å². The van der Waals surface area contributed by atoms with E-state index in [1.807, 2.05) is 0 Å². The first kappa shape index (κ1) is 14.9. The van der Waals surface area contributed by atoms with Gasteiger partial charge in [-0.1, -0.05) is 39.0 Å². The standard InChI is InChI=1S/C14H30N2O/c1-3-9-13(17-4-2)14(16-15)12-10-7-5-6-8-11-12/h12-14,16H,3-11,15H2,1-2H3. The van der Waals surface area contributed by atoms with Gasteiger partial charge in [0.15, 0.2) is 0 Å². The second-order valence-corrected chi connectivity index (χ2v) is 5.23. The molecule has 0 aromatic rings.